The van der Waals surface area contributed by atoms with Gasteiger partial charge in [0, 0.05) is 12.5 Å². The molecule has 0 N–H and O–H groups in total. The van der Waals surface area contributed by atoms with Crippen molar-refractivity contribution >= 4 is 42.4 Å². The molecule has 2 heterocycles. The highest BCUT2D eigenvalue weighted by atomic mass is 32.2. The van der Waals surface area contributed by atoms with Gasteiger partial charge in [0.05, 0.1) is 33.8 Å². The summed E-state index contributed by atoms with van der Waals surface area (Å²) in [6.45, 7) is 0.212. The first kappa shape index (κ1) is 21.1. The Labute approximate surface area is 182 Å². The van der Waals surface area contributed by atoms with Crippen molar-refractivity contribution in [3.63, 3.8) is 0 Å². The molecule has 2 aromatic heterocycles. The lowest BCUT2D eigenvalue weighted by atomic mass is 10.1. The van der Waals surface area contributed by atoms with Crippen LogP contribution >= 0.6 is 11.3 Å². The van der Waals surface area contributed by atoms with Crippen LogP contribution in [0.2, 0.25) is 0 Å². The summed E-state index contributed by atoms with van der Waals surface area (Å²) in [7, 11) is -3.31. The highest BCUT2D eigenvalue weighted by molar-refractivity contribution is 7.90. The van der Waals surface area contributed by atoms with Gasteiger partial charge in [0.15, 0.2) is 15.0 Å². The van der Waals surface area contributed by atoms with Crippen LogP contribution in [0.15, 0.2) is 71.8 Å². The fourth-order valence-corrected chi connectivity index (χ4v) is 4.68. The van der Waals surface area contributed by atoms with Crippen molar-refractivity contribution in [3.05, 3.63) is 83.9 Å². The first-order valence-electron chi connectivity index (χ1n) is 9.35. The first-order chi connectivity index (χ1) is 14.8. The monoisotopic (exact) mass is 455 g/mol. The lowest BCUT2D eigenvalue weighted by Gasteiger charge is -2.19. The van der Waals surface area contributed by atoms with Gasteiger partial charge in [-0.15, -0.1) is 0 Å². The fourth-order valence-electron chi connectivity index (χ4n) is 3.04. The number of hydrogen-bond donors (Lipinski definition) is 0. The lowest BCUT2D eigenvalue weighted by molar-refractivity contribution is -0.118. The summed E-state index contributed by atoms with van der Waals surface area (Å²) in [6, 6.07) is 16.0. The third-order valence-corrected chi connectivity index (χ3v) is 6.79. The normalized spacial score (nSPS) is 11.5. The minimum atomic E-state index is -3.31. The Morgan fingerprint density at radius 3 is 2.55 bits per heavy atom. The van der Waals surface area contributed by atoms with E-state index in [4.69, 9.17) is 0 Å². The molecule has 4 aromatic rings. The highest BCUT2D eigenvalue weighted by Gasteiger charge is 2.21. The van der Waals surface area contributed by atoms with Crippen molar-refractivity contribution in [2.24, 2.45) is 0 Å². The van der Waals surface area contributed by atoms with E-state index >= 15 is 0 Å². The molecule has 9 heteroatoms. The topological polar surface area (TPSA) is 80.2 Å². The average Bonchev–Trinajstić information content (AvgIpc) is 3.15. The van der Waals surface area contributed by atoms with E-state index < -0.39 is 9.84 Å². The molecule has 0 atom stereocenters. The number of sulfone groups is 1. The molecular formula is C22H18FN3O3S2. The van der Waals surface area contributed by atoms with Crippen LogP contribution in [0.5, 0.6) is 0 Å². The number of carbonyl (C=O) groups excluding carboxylic acids is 1. The molecule has 0 fully saturated rings. The second kappa shape index (κ2) is 8.52. The Morgan fingerprint density at radius 2 is 1.87 bits per heavy atom. The van der Waals surface area contributed by atoms with Crippen LogP contribution in [0.3, 0.4) is 0 Å². The van der Waals surface area contributed by atoms with Gasteiger partial charge in [-0.25, -0.2) is 17.8 Å². The van der Waals surface area contributed by atoms with Gasteiger partial charge in [0.2, 0.25) is 5.91 Å². The number of hydrogen-bond acceptors (Lipinski definition) is 6. The number of benzene rings is 2. The maximum absolute atomic E-state index is 13.6. The predicted molar refractivity (Wildman–Crippen MR) is 118 cm³/mol. The summed E-state index contributed by atoms with van der Waals surface area (Å²) < 4.78 is 37.6. The Morgan fingerprint density at radius 1 is 1.10 bits per heavy atom. The SMILES string of the molecule is CS(=O)(=O)c1ccc(CC(=O)N(Cc2ccccn2)c2nc3ccc(F)cc3s2)cc1. The third-order valence-electron chi connectivity index (χ3n) is 4.62. The molecular weight excluding hydrogens is 437 g/mol. The first-order valence-corrected chi connectivity index (χ1v) is 12.1. The summed E-state index contributed by atoms with van der Waals surface area (Å²) in [5, 5.41) is 0.448. The van der Waals surface area contributed by atoms with Crippen LogP contribution < -0.4 is 4.90 Å². The van der Waals surface area contributed by atoms with E-state index in [0.717, 1.165) is 6.26 Å². The zero-order valence-electron chi connectivity index (χ0n) is 16.5. The number of aromatic nitrogens is 2. The van der Waals surface area contributed by atoms with Gasteiger partial charge in [0.25, 0.3) is 0 Å². The number of halogens is 1. The van der Waals surface area contributed by atoms with Gasteiger partial charge >= 0.3 is 0 Å². The molecule has 0 spiro atoms. The Kier molecular flexibility index (Phi) is 5.79. The number of pyridine rings is 1. The third kappa shape index (κ3) is 4.95. The quantitative estimate of drug-likeness (QED) is 0.439. The molecule has 2 aromatic carbocycles. The maximum Gasteiger partial charge on any atom is 0.233 e. The molecule has 0 aliphatic heterocycles. The van der Waals surface area contributed by atoms with Gasteiger partial charge in [-0.05, 0) is 48.0 Å². The largest absolute Gasteiger partial charge is 0.282 e. The van der Waals surface area contributed by atoms with Gasteiger partial charge in [-0.1, -0.05) is 29.5 Å². The Balaban J connectivity index is 1.65. The molecule has 0 saturated heterocycles. The Hall–Kier alpha value is -3.17. The average molecular weight is 456 g/mol. The summed E-state index contributed by atoms with van der Waals surface area (Å²) in [6.07, 6.45) is 2.84. The van der Waals surface area contributed by atoms with Crippen LogP contribution in [0, 0.1) is 5.82 Å². The van der Waals surface area contributed by atoms with Crippen LogP contribution in [0.1, 0.15) is 11.3 Å². The standard InChI is InChI=1S/C22H18FN3O3S2/c1-31(28,29)18-8-5-15(6-9-18)12-21(27)26(14-17-4-2-3-11-24-17)22-25-19-10-7-16(23)13-20(19)30-22/h2-11,13H,12,14H2,1H3. The van der Waals surface area contributed by atoms with Crippen LogP contribution in [-0.4, -0.2) is 30.5 Å². The number of amides is 1. The zero-order valence-corrected chi connectivity index (χ0v) is 18.2. The van der Waals surface area contributed by atoms with E-state index in [0.29, 0.717) is 26.6 Å². The highest BCUT2D eigenvalue weighted by Crippen LogP contribution is 2.30. The van der Waals surface area contributed by atoms with Gasteiger partial charge in [-0.3, -0.25) is 14.7 Å². The summed E-state index contributed by atoms with van der Waals surface area (Å²) in [4.78, 5) is 23.7. The lowest BCUT2D eigenvalue weighted by Crippen LogP contribution is -2.32. The summed E-state index contributed by atoms with van der Waals surface area (Å²) >= 11 is 1.23. The molecule has 0 aliphatic rings. The molecule has 158 valence electrons. The number of anilines is 1. The molecule has 1 amide bonds. The fraction of sp³-hybridized carbons (Fsp3) is 0.136. The van der Waals surface area contributed by atoms with Crippen molar-refractivity contribution < 1.29 is 17.6 Å². The van der Waals surface area contributed by atoms with Crippen LogP contribution in [0.4, 0.5) is 9.52 Å². The van der Waals surface area contributed by atoms with Crippen LogP contribution in [0.25, 0.3) is 10.2 Å². The van der Waals surface area contributed by atoms with Gasteiger partial charge in [0.1, 0.15) is 5.82 Å². The van der Waals surface area contributed by atoms with Gasteiger partial charge in [-0.2, -0.15) is 0 Å². The molecule has 0 unspecified atom stereocenters. The number of thiazole rings is 1. The van der Waals surface area contributed by atoms with E-state index in [2.05, 4.69) is 9.97 Å². The number of fused-ring (bicyclic) bond motifs is 1. The molecule has 0 saturated carbocycles. The van der Waals surface area contributed by atoms with Gasteiger partial charge < -0.3 is 0 Å². The van der Waals surface area contributed by atoms with Crippen molar-refractivity contribution in [2.45, 2.75) is 17.9 Å². The van der Waals surface area contributed by atoms with E-state index in [1.165, 1.54) is 40.5 Å². The number of carbonyl (C=O) groups is 1. The molecule has 31 heavy (non-hydrogen) atoms. The van der Waals surface area contributed by atoms with Crippen LogP contribution in [-0.2, 0) is 27.6 Å². The summed E-state index contributed by atoms with van der Waals surface area (Å²) in [5.41, 5.74) is 1.97. The van der Waals surface area contributed by atoms with Crippen molar-refractivity contribution in [2.75, 3.05) is 11.2 Å². The minimum absolute atomic E-state index is 0.0567. The summed E-state index contributed by atoms with van der Waals surface area (Å²) in [5.74, 6) is -0.589. The number of rotatable bonds is 6. The smallest absolute Gasteiger partial charge is 0.233 e. The van der Waals surface area contributed by atoms with E-state index in [1.807, 2.05) is 12.1 Å². The van der Waals surface area contributed by atoms with Crippen molar-refractivity contribution in [1.29, 1.82) is 0 Å². The number of nitrogens with zero attached hydrogens (tertiary/aromatic N) is 3. The van der Waals surface area contributed by atoms with E-state index in [1.54, 1.807) is 30.5 Å². The molecule has 0 aliphatic carbocycles. The zero-order chi connectivity index (χ0) is 22.0. The van der Waals surface area contributed by atoms with E-state index in [9.17, 15) is 17.6 Å². The molecule has 4 rings (SSSR count). The second-order valence-corrected chi connectivity index (χ2v) is 10.0. The second-order valence-electron chi connectivity index (χ2n) is 7.00. The minimum Gasteiger partial charge on any atom is -0.282 e. The van der Waals surface area contributed by atoms with E-state index in [-0.39, 0.29) is 29.6 Å². The maximum atomic E-state index is 13.6. The molecule has 0 bridgehead atoms. The molecule has 0 radical (unpaired) electrons. The Bertz CT molecular complexity index is 1340. The molecule has 6 nitrogen and oxygen atoms in total. The predicted octanol–water partition coefficient (Wildman–Crippen LogP) is 4.01. The van der Waals surface area contributed by atoms with Crippen molar-refractivity contribution in [3.8, 4) is 0 Å². The van der Waals surface area contributed by atoms with Crippen molar-refractivity contribution in [1.82, 2.24) is 9.97 Å².